The molecule has 100 valence electrons. The van der Waals surface area contributed by atoms with Gasteiger partial charge in [0.1, 0.15) is 5.75 Å². The lowest BCUT2D eigenvalue weighted by molar-refractivity contribution is -0.139. The molecule has 0 heterocycles. The second-order valence-electron chi connectivity index (χ2n) is 3.33. The van der Waals surface area contributed by atoms with Crippen LogP contribution in [0.3, 0.4) is 0 Å². The molecular formula is C10H12ClNO5S. The summed E-state index contributed by atoms with van der Waals surface area (Å²) in [7, 11) is -3.92. The number of benzene rings is 1. The molecule has 0 saturated carbocycles. The topological polar surface area (TPSA) is 92.7 Å². The van der Waals surface area contributed by atoms with Crippen molar-refractivity contribution in [3.63, 3.8) is 0 Å². The summed E-state index contributed by atoms with van der Waals surface area (Å²) in [6.07, 6.45) is 0. The van der Waals surface area contributed by atoms with Crippen LogP contribution in [0.4, 0.5) is 5.69 Å². The number of carbonyl (C=O) groups excluding carboxylic acids is 1. The molecule has 0 fully saturated rings. The summed E-state index contributed by atoms with van der Waals surface area (Å²) >= 11 is 5.60. The Morgan fingerprint density at radius 2 is 2.17 bits per heavy atom. The lowest BCUT2D eigenvalue weighted by Crippen LogP contribution is -2.24. The average molecular weight is 294 g/mol. The van der Waals surface area contributed by atoms with E-state index in [2.05, 4.69) is 9.46 Å². The van der Waals surface area contributed by atoms with E-state index in [1.54, 1.807) is 6.92 Å². The summed E-state index contributed by atoms with van der Waals surface area (Å²) in [4.78, 5) is 11.1. The fourth-order valence-corrected chi connectivity index (χ4v) is 2.29. The first kappa shape index (κ1) is 14.6. The Hall–Kier alpha value is -1.47. The van der Waals surface area contributed by atoms with Gasteiger partial charge in [0.15, 0.2) is 5.75 Å². The second-order valence-corrected chi connectivity index (χ2v) is 5.49. The normalized spacial score (nSPS) is 11.0. The van der Waals surface area contributed by atoms with Crippen molar-refractivity contribution in [1.82, 2.24) is 0 Å². The highest BCUT2D eigenvalue weighted by Gasteiger charge is 2.18. The summed E-state index contributed by atoms with van der Waals surface area (Å²) in [5.41, 5.74) is -0.0521. The Morgan fingerprint density at radius 3 is 2.72 bits per heavy atom. The van der Waals surface area contributed by atoms with Crippen LogP contribution >= 0.6 is 11.6 Å². The van der Waals surface area contributed by atoms with Gasteiger partial charge in [0.2, 0.25) is 10.0 Å². The van der Waals surface area contributed by atoms with Crippen LogP contribution in [0.5, 0.6) is 5.75 Å². The van der Waals surface area contributed by atoms with E-state index in [0.717, 1.165) is 0 Å². The van der Waals surface area contributed by atoms with Gasteiger partial charge < -0.3 is 9.84 Å². The first-order chi connectivity index (χ1) is 8.34. The van der Waals surface area contributed by atoms with Crippen LogP contribution in [-0.2, 0) is 19.6 Å². The van der Waals surface area contributed by atoms with Crippen molar-refractivity contribution in [3.05, 3.63) is 23.2 Å². The Balaban J connectivity index is 2.79. The number of carbonyl (C=O) groups is 1. The third kappa shape index (κ3) is 4.42. The van der Waals surface area contributed by atoms with Crippen molar-refractivity contribution in [2.75, 3.05) is 17.1 Å². The van der Waals surface area contributed by atoms with Gasteiger partial charge >= 0.3 is 5.97 Å². The fourth-order valence-electron chi connectivity index (χ4n) is 1.15. The summed E-state index contributed by atoms with van der Waals surface area (Å²) < 4.78 is 29.7. The van der Waals surface area contributed by atoms with E-state index < -0.39 is 21.7 Å². The van der Waals surface area contributed by atoms with Crippen molar-refractivity contribution < 1.29 is 23.1 Å². The van der Waals surface area contributed by atoms with E-state index in [-0.39, 0.29) is 23.1 Å². The summed E-state index contributed by atoms with van der Waals surface area (Å²) in [5.74, 6) is -2.00. The van der Waals surface area contributed by atoms with Crippen LogP contribution in [0.1, 0.15) is 6.92 Å². The Labute approximate surface area is 110 Å². The molecule has 6 nitrogen and oxygen atoms in total. The van der Waals surface area contributed by atoms with Gasteiger partial charge in [0.05, 0.1) is 12.3 Å². The van der Waals surface area contributed by atoms with Gasteiger partial charge in [0, 0.05) is 11.1 Å². The van der Waals surface area contributed by atoms with E-state index in [1.165, 1.54) is 18.2 Å². The standard InChI is InChI=1S/C10H12ClNO5S/c1-2-17-10(14)6-18(15,16)12-8-4-3-7(11)5-9(8)13/h3-5,12-13H,2,6H2,1H3. The molecule has 18 heavy (non-hydrogen) atoms. The zero-order valence-corrected chi connectivity index (χ0v) is 11.1. The predicted molar refractivity (Wildman–Crippen MR) is 67.2 cm³/mol. The van der Waals surface area contributed by atoms with Crippen molar-refractivity contribution in [2.45, 2.75) is 6.92 Å². The van der Waals surface area contributed by atoms with Gasteiger partial charge in [-0.1, -0.05) is 11.6 Å². The molecule has 0 bridgehead atoms. The number of aromatic hydroxyl groups is 1. The fraction of sp³-hybridized carbons (Fsp3) is 0.300. The molecule has 0 unspecified atom stereocenters. The molecule has 2 N–H and O–H groups in total. The number of hydrogen-bond acceptors (Lipinski definition) is 5. The molecule has 1 aromatic carbocycles. The molecule has 0 aliphatic carbocycles. The van der Waals surface area contributed by atoms with Crippen LogP contribution in [0, 0.1) is 0 Å². The lowest BCUT2D eigenvalue weighted by Gasteiger charge is -2.09. The van der Waals surface area contributed by atoms with E-state index in [9.17, 15) is 18.3 Å². The van der Waals surface area contributed by atoms with Crippen molar-refractivity contribution in [2.24, 2.45) is 0 Å². The number of phenols is 1. The molecule has 0 radical (unpaired) electrons. The summed E-state index contributed by atoms with van der Waals surface area (Å²) in [6, 6.07) is 3.88. The number of esters is 1. The Bertz CT molecular complexity index is 543. The monoisotopic (exact) mass is 293 g/mol. The third-order valence-corrected chi connectivity index (χ3v) is 3.22. The molecule has 0 amide bonds. The van der Waals surface area contributed by atoms with Crippen LogP contribution < -0.4 is 4.72 Å². The van der Waals surface area contributed by atoms with Gasteiger partial charge in [-0.3, -0.25) is 9.52 Å². The van der Waals surface area contributed by atoms with E-state index in [4.69, 9.17) is 11.6 Å². The zero-order chi connectivity index (χ0) is 13.8. The maximum absolute atomic E-state index is 11.6. The van der Waals surface area contributed by atoms with Gasteiger partial charge in [-0.25, -0.2) is 8.42 Å². The van der Waals surface area contributed by atoms with Crippen molar-refractivity contribution >= 4 is 33.3 Å². The number of rotatable bonds is 5. The molecular weight excluding hydrogens is 282 g/mol. The highest BCUT2D eigenvalue weighted by Crippen LogP contribution is 2.27. The van der Waals surface area contributed by atoms with Crippen molar-refractivity contribution in [1.29, 1.82) is 0 Å². The SMILES string of the molecule is CCOC(=O)CS(=O)(=O)Nc1ccc(Cl)cc1O. The lowest BCUT2D eigenvalue weighted by atomic mass is 10.3. The highest BCUT2D eigenvalue weighted by atomic mass is 35.5. The first-order valence-corrected chi connectivity index (χ1v) is 7.01. The Kier molecular flexibility index (Phi) is 4.80. The number of halogens is 1. The summed E-state index contributed by atoms with van der Waals surface area (Å²) in [5, 5.41) is 9.73. The predicted octanol–water partition coefficient (Wildman–Crippen LogP) is 1.35. The number of phenolic OH excluding ortho intramolecular Hbond substituents is 1. The molecule has 0 spiro atoms. The van der Waals surface area contributed by atoms with Crippen LogP contribution in [0.25, 0.3) is 0 Å². The molecule has 1 aromatic rings. The number of anilines is 1. The molecule has 0 aliphatic rings. The average Bonchev–Trinajstić information content (AvgIpc) is 2.21. The molecule has 0 saturated heterocycles. The zero-order valence-electron chi connectivity index (χ0n) is 9.51. The van der Waals surface area contributed by atoms with Crippen LogP contribution in [0.15, 0.2) is 18.2 Å². The maximum atomic E-state index is 11.6. The third-order valence-electron chi connectivity index (χ3n) is 1.84. The van der Waals surface area contributed by atoms with Crippen LogP contribution in [-0.4, -0.2) is 31.9 Å². The highest BCUT2D eigenvalue weighted by molar-refractivity contribution is 7.93. The van der Waals surface area contributed by atoms with Gasteiger partial charge in [-0.05, 0) is 19.1 Å². The minimum Gasteiger partial charge on any atom is -0.506 e. The van der Waals surface area contributed by atoms with Crippen LogP contribution in [0.2, 0.25) is 5.02 Å². The quantitative estimate of drug-likeness (QED) is 0.631. The maximum Gasteiger partial charge on any atom is 0.323 e. The largest absolute Gasteiger partial charge is 0.506 e. The number of nitrogens with one attached hydrogen (secondary N) is 1. The van der Waals surface area contributed by atoms with Gasteiger partial charge in [-0.15, -0.1) is 0 Å². The first-order valence-electron chi connectivity index (χ1n) is 4.98. The minimum atomic E-state index is -3.92. The Morgan fingerprint density at radius 1 is 1.50 bits per heavy atom. The second kappa shape index (κ2) is 5.92. The number of ether oxygens (including phenoxy) is 1. The molecule has 0 atom stereocenters. The van der Waals surface area contributed by atoms with Crippen molar-refractivity contribution in [3.8, 4) is 5.75 Å². The number of sulfonamides is 1. The molecule has 0 aliphatic heterocycles. The molecule has 0 aromatic heterocycles. The van der Waals surface area contributed by atoms with E-state index >= 15 is 0 Å². The molecule has 8 heteroatoms. The summed E-state index contributed by atoms with van der Waals surface area (Å²) in [6.45, 7) is 1.67. The number of hydrogen-bond donors (Lipinski definition) is 2. The van der Waals surface area contributed by atoms with Gasteiger partial charge in [-0.2, -0.15) is 0 Å². The smallest absolute Gasteiger partial charge is 0.323 e. The van der Waals surface area contributed by atoms with Gasteiger partial charge in [0.25, 0.3) is 0 Å². The van der Waals surface area contributed by atoms with E-state index in [0.29, 0.717) is 0 Å². The molecule has 1 rings (SSSR count). The van der Waals surface area contributed by atoms with E-state index in [1.807, 2.05) is 0 Å². The minimum absolute atomic E-state index is 0.0521.